The van der Waals surface area contributed by atoms with Crippen LogP contribution >= 0.6 is 0 Å². The molecule has 0 aromatic heterocycles. The van der Waals surface area contributed by atoms with Crippen molar-refractivity contribution in [1.82, 2.24) is 10.2 Å². The lowest BCUT2D eigenvalue weighted by atomic mass is 10.1. The number of phenols is 1. The number of aromatic hydroxyl groups is 1. The Morgan fingerprint density at radius 1 is 1.27 bits per heavy atom. The number of nitrogens with zero attached hydrogens (tertiary/aromatic N) is 1. The molecule has 0 radical (unpaired) electrons. The van der Waals surface area contributed by atoms with E-state index in [0.717, 1.165) is 4.90 Å². The second kappa shape index (κ2) is 6.21. The molecular weight excluding hydrogens is 288 g/mol. The highest BCUT2D eigenvalue weighted by Crippen LogP contribution is 2.37. The van der Waals surface area contributed by atoms with Crippen molar-refractivity contribution in [3.63, 3.8) is 0 Å². The standard InChI is InChI=1S/C15H16N2O5/c1-4-5-17-14(19)10(16-15(17)20)6-9-7-11(21-2)13(18)12(8-9)22-3/h4,6-8,18H,1,5H2,2-3H3,(H,16,20). The number of rotatable bonds is 5. The lowest BCUT2D eigenvalue weighted by Crippen LogP contribution is -2.30. The first kappa shape index (κ1) is 15.4. The molecule has 0 atom stereocenters. The number of phenolic OH excluding ortho intramolecular Hbond substituents is 1. The van der Waals surface area contributed by atoms with Crippen molar-refractivity contribution < 1.29 is 24.2 Å². The molecule has 2 rings (SSSR count). The summed E-state index contributed by atoms with van der Waals surface area (Å²) in [4.78, 5) is 24.8. The maximum atomic E-state index is 12.1. The highest BCUT2D eigenvalue weighted by atomic mass is 16.5. The summed E-state index contributed by atoms with van der Waals surface area (Å²) in [7, 11) is 2.81. The number of imide groups is 1. The van der Waals surface area contributed by atoms with Crippen LogP contribution in [0, 0.1) is 0 Å². The maximum absolute atomic E-state index is 12.1. The van der Waals surface area contributed by atoms with E-state index in [2.05, 4.69) is 11.9 Å². The number of carbonyl (C=O) groups is 2. The molecule has 1 aliphatic heterocycles. The predicted octanol–water partition coefficient (Wildman–Crippen LogP) is 1.49. The van der Waals surface area contributed by atoms with Crippen molar-refractivity contribution in [2.45, 2.75) is 0 Å². The van der Waals surface area contributed by atoms with E-state index in [1.807, 2.05) is 0 Å². The normalized spacial score (nSPS) is 15.9. The van der Waals surface area contributed by atoms with Gasteiger partial charge in [-0.3, -0.25) is 9.69 Å². The maximum Gasteiger partial charge on any atom is 0.329 e. The molecule has 1 heterocycles. The Hall–Kier alpha value is -2.96. The number of carbonyl (C=O) groups excluding carboxylic acids is 2. The first-order valence-corrected chi connectivity index (χ1v) is 6.42. The summed E-state index contributed by atoms with van der Waals surface area (Å²) in [6, 6.07) is 2.55. The smallest absolute Gasteiger partial charge is 0.329 e. The number of urea groups is 1. The Bertz CT molecular complexity index is 641. The molecule has 1 aromatic rings. The van der Waals surface area contributed by atoms with Gasteiger partial charge in [0.1, 0.15) is 5.70 Å². The van der Waals surface area contributed by atoms with E-state index in [1.165, 1.54) is 38.5 Å². The van der Waals surface area contributed by atoms with Crippen LogP contribution in [-0.2, 0) is 4.79 Å². The molecule has 7 heteroatoms. The fourth-order valence-corrected chi connectivity index (χ4v) is 2.03. The molecule has 0 spiro atoms. The number of nitrogens with one attached hydrogen (secondary N) is 1. The van der Waals surface area contributed by atoms with Gasteiger partial charge in [-0.25, -0.2) is 4.79 Å². The van der Waals surface area contributed by atoms with Crippen molar-refractivity contribution >= 4 is 18.0 Å². The lowest BCUT2D eigenvalue weighted by molar-refractivity contribution is -0.122. The Balaban J connectivity index is 2.39. The van der Waals surface area contributed by atoms with Gasteiger partial charge in [-0.2, -0.15) is 0 Å². The minimum absolute atomic E-state index is 0.127. The molecule has 0 bridgehead atoms. The van der Waals surface area contributed by atoms with E-state index < -0.39 is 11.9 Å². The molecule has 7 nitrogen and oxygen atoms in total. The van der Waals surface area contributed by atoms with Crippen LogP contribution in [0.5, 0.6) is 17.2 Å². The average Bonchev–Trinajstić information content (AvgIpc) is 2.76. The summed E-state index contributed by atoms with van der Waals surface area (Å²) >= 11 is 0. The van der Waals surface area contributed by atoms with E-state index in [4.69, 9.17) is 9.47 Å². The number of ether oxygens (including phenoxy) is 2. The molecule has 1 fully saturated rings. The van der Waals surface area contributed by atoms with E-state index >= 15 is 0 Å². The molecule has 3 amide bonds. The predicted molar refractivity (Wildman–Crippen MR) is 79.6 cm³/mol. The fourth-order valence-electron chi connectivity index (χ4n) is 2.03. The Kier molecular flexibility index (Phi) is 4.36. The Labute approximate surface area is 127 Å². The van der Waals surface area contributed by atoms with Crippen LogP contribution in [0.1, 0.15) is 5.56 Å². The van der Waals surface area contributed by atoms with Crippen LogP contribution in [0.15, 0.2) is 30.5 Å². The van der Waals surface area contributed by atoms with Crippen molar-refractivity contribution in [2.75, 3.05) is 20.8 Å². The second-order valence-corrected chi connectivity index (χ2v) is 4.47. The third-order valence-electron chi connectivity index (χ3n) is 3.09. The molecular formula is C15H16N2O5. The van der Waals surface area contributed by atoms with Crippen LogP contribution < -0.4 is 14.8 Å². The zero-order valence-electron chi connectivity index (χ0n) is 12.3. The van der Waals surface area contributed by atoms with E-state index in [9.17, 15) is 14.7 Å². The molecule has 1 saturated heterocycles. The first-order chi connectivity index (χ1) is 10.5. The van der Waals surface area contributed by atoms with Gasteiger partial charge in [0.15, 0.2) is 11.5 Å². The summed E-state index contributed by atoms with van der Waals surface area (Å²) in [6.45, 7) is 3.63. The quantitative estimate of drug-likeness (QED) is 0.489. The largest absolute Gasteiger partial charge is 0.502 e. The molecule has 116 valence electrons. The van der Waals surface area contributed by atoms with Gasteiger partial charge >= 0.3 is 6.03 Å². The van der Waals surface area contributed by atoms with E-state index in [0.29, 0.717) is 5.56 Å². The number of methoxy groups -OCH3 is 2. The monoisotopic (exact) mass is 304 g/mol. The lowest BCUT2D eigenvalue weighted by Gasteiger charge is -2.09. The van der Waals surface area contributed by atoms with Crippen LogP contribution in [0.3, 0.4) is 0 Å². The summed E-state index contributed by atoms with van der Waals surface area (Å²) < 4.78 is 10.1. The topological polar surface area (TPSA) is 88.1 Å². The Morgan fingerprint density at radius 3 is 2.36 bits per heavy atom. The van der Waals surface area contributed by atoms with Gasteiger partial charge in [0.25, 0.3) is 5.91 Å². The fraction of sp³-hybridized carbons (Fsp3) is 0.200. The van der Waals surface area contributed by atoms with Crippen LogP contribution in [0.2, 0.25) is 0 Å². The highest BCUT2D eigenvalue weighted by Gasteiger charge is 2.32. The summed E-state index contributed by atoms with van der Waals surface area (Å²) in [5, 5.41) is 12.3. The molecule has 2 N–H and O–H groups in total. The third-order valence-corrected chi connectivity index (χ3v) is 3.09. The van der Waals surface area contributed by atoms with Gasteiger partial charge in [-0.05, 0) is 23.8 Å². The molecule has 0 saturated carbocycles. The molecule has 1 aromatic carbocycles. The molecule has 0 aliphatic carbocycles. The third kappa shape index (κ3) is 2.73. The van der Waals surface area contributed by atoms with E-state index in [-0.39, 0.29) is 29.5 Å². The van der Waals surface area contributed by atoms with Gasteiger partial charge in [0, 0.05) is 6.54 Å². The number of amides is 3. The minimum atomic E-state index is -0.506. The van der Waals surface area contributed by atoms with Gasteiger partial charge < -0.3 is 19.9 Å². The van der Waals surface area contributed by atoms with Crippen LogP contribution in [-0.4, -0.2) is 42.7 Å². The summed E-state index contributed by atoms with van der Waals surface area (Å²) in [6.07, 6.45) is 2.95. The minimum Gasteiger partial charge on any atom is -0.502 e. The number of hydrogen-bond acceptors (Lipinski definition) is 5. The summed E-state index contributed by atoms with van der Waals surface area (Å²) in [5.74, 6) is -0.185. The first-order valence-electron chi connectivity index (χ1n) is 6.42. The molecule has 22 heavy (non-hydrogen) atoms. The van der Waals surface area contributed by atoms with Crippen LogP contribution in [0.4, 0.5) is 4.79 Å². The van der Waals surface area contributed by atoms with Gasteiger partial charge in [0.05, 0.1) is 14.2 Å². The number of hydrogen-bond donors (Lipinski definition) is 2. The number of benzene rings is 1. The summed E-state index contributed by atoms with van der Waals surface area (Å²) in [5.41, 5.74) is 0.664. The van der Waals surface area contributed by atoms with Crippen molar-refractivity contribution in [1.29, 1.82) is 0 Å². The van der Waals surface area contributed by atoms with Gasteiger partial charge in [-0.1, -0.05) is 6.08 Å². The SMILES string of the molecule is C=CCN1C(=O)NC(=Cc2cc(OC)c(O)c(OC)c2)C1=O. The van der Waals surface area contributed by atoms with Crippen LogP contribution in [0.25, 0.3) is 6.08 Å². The second-order valence-electron chi connectivity index (χ2n) is 4.47. The van der Waals surface area contributed by atoms with Crippen molar-refractivity contribution in [3.8, 4) is 17.2 Å². The van der Waals surface area contributed by atoms with Gasteiger partial charge in [0.2, 0.25) is 5.75 Å². The van der Waals surface area contributed by atoms with Crippen molar-refractivity contribution in [2.24, 2.45) is 0 Å². The highest BCUT2D eigenvalue weighted by molar-refractivity contribution is 6.14. The molecule has 0 unspecified atom stereocenters. The van der Waals surface area contributed by atoms with Crippen molar-refractivity contribution in [3.05, 3.63) is 36.0 Å². The zero-order chi connectivity index (χ0) is 16.3. The Morgan fingerprint density at radius 2 is 1.86 bits per heavy atom. The van der Waals surface area contributed by atoms with Gasteiger partial charge in [-0.15, -0.1) is 6.58 Å². The van der Waals surface area contributed by atoms with E-state index in [1.54, 1.807) is 0 Å². The average molecular weight is 304 g/mol. The molecule has 1 aliphatic rings. The zero-order valence-corrected chi connectivity index (χ0v) is 12.3.